The van der Waals surface area contributed by atoms with Crippen molar-refractivity contribution in [2.75, 3.05) is 6.54 Å². The standard InChI is InChI=1S/C16H31N5O/c1-11(2)7-6-8-13(5)19-16(17)18-10-9-14-20-15(12(3)4)21-22-14/h11-13H,6-10H2,1-5H3,(H3,17,18,19). The Labute approximate surface area is 134 Å². The average molecular weight is 309 g/mol. The molecule has 1 atom stereocenters. The Hall–Kier alpha value is -1.59. The van der Waals surface area contributed by atoms with Gasteiger partial charge in [-0.15, -0.1) is 0 Å². The van der Waals surface area contributed by atoms with E-state index in [1.165, 1.54) is 12.8 Å². The van der Waals surface area contributed by atoms with Crippen molar-refractivity contribution in [1.29, 1.82) is 0 Å². The lowest BCUT2D eigenvalue weighted by molar-refractivity contribution is 0.372. The van der Waals surface area contributed by atoms with Gasteiger partial charge in [0.1, 0.15) is 0 Å². The van der Waals surface area contributed by atoms with E-state index in [9.17, 15) is 0 Å². The number of aliphatic imine (C=N–C) groups is 1. The number of rotatable bonds is 9. The highest BCUT2D eigenvalue weighted by atomic mass is 16.5. The molecule has 1 heterocycles. The summed E-state index contributed by atoms with van der Waals surface area (Å²) < 4.78 is 5.17. The molecule has 3 N–H and O–H groups in total. The van der Waals surface area contributed by atoms with Gasteiger partial charge in [-0.3, -0.25) is 4.99 Å². The van der Waals surface area contributed by atoms with E-state index in [-0.39, 0.29) is 5.92 Å². The van der Waals surface area contributed by atoms with Crippen LogP contribution in [0.1, 0.15) is 71.5 Å². The quantitative estimate of drug-likeness (QED) is 0.541. The molecule has 0 radical (unpaired) electrons. The van der Waals surface area contributed by atoms with E-state index in [0.717, 1.165) is 18.2 Å². The Morgan fingerprint density at radius 2 is 1.95 bits per heavy atom. The van der Waals surface area contributed by atoms with E-state index in [1.54, 1.807) is 0 Å². The summed E-state index contributed by atoms with van der Waals surface area (Å²) in [7, 11) is 0. The first-order valence-corrected chi connectivity index (χ1v) is 8.27. The molecular formula is C16H31N5O. The molecule has 22 heavy (non-hydrogen) atoms. The maximum Gasteiger partial charge on any atom is 0.228 e. The lowest BCUT2D eigenvalue weighted by Crippen LogP contribution is -2.38. The molecule has 1 aromatic rings. The van der Waals surface area contributed by atoms with Crippen LogP contribution in [0, 0.1) is 5.92 Å². The number of nitrogens with zero attached hydrogens (tertiary/aromatic N) is 3. The van der Waals surface area contributed by atoms with Crippen LogP contribution in [-0.2, 0) is 6.42 Å². The van der Waals surface area contributed by atoms with E-state index in [2.05, 4.69) is 41.2 Å². The van der Waals surface area contributed by atoms with Gasteiger partial charge >= 0.3 is 0 Å². The zero-order valence-corrected chi connectivity index (χ0v) is 14.6. The third-order valence-corrected chi connectivity index (χ3v) is 3.42. The molecule has 1 rings (SSSR count). The molecule has 0 aromatic carbocycles. The summed E-state index contributed by atoms with van der Waals surface area (Å²) in [6, 6.07) is 0.346. The van der Waals surface area contributed by atoms with Crippen molar-refractivity contribution >= 4 is 5.96 Å². The lowest BCUT2D eigenvalue weighted by Gasteiger charge is -2.14. The molecule has 0 aliphatic rings. The molecular weight excluding hydrogens is 278 g/mol. The summed E-state index contributed by atoms with van der Waals surface area (Å²) >= 11 is 0. The van der Waals surface area contributed by atoms with Gasteiger partial charge in [-0.05, 0) is 19.3 Å². The second kappa shape index (κ2) is 9.43. The van der Waals surface area contributed by atoms with Crippen molar-refractivity contribution in [3.8, 4) is 0 Å². The molecule has 0 saturated carbocycles. The Kier molecular flexibility index (Phi) is 7.91. The predicted octanol–water partition coefficient (Wildman–Crippen LogP) is 2.85. The number of aromatic nitrogens is 2. The van der Waals surface area contributed by atoms with Gasteiger partial charge in [0, 0.05) is 18.4 Å². The highest BCUT2D eigenvalue weighted by Gasteiger charge is 2.09. The van der Waals surface area contributed by atoms with E-state index in [0.29, 0.717) is 30.9 Å². The molecule has 0 saturated heterocycles. The predicted molar refractivity (Wildman–Crippen MR) is 89.9 cm³/mol. The SMILES string of the molecule is CC(C)CCCC(C)NC(N)=NCCc1nc(C(C)C)no1. The third kappa shape index (κ3) is 7.43. The fourth-order valence-corrected chi connectivity index (χ4v) is 2.08. The Morgan fingerprint density at radius 3 is 2.55 bits per heavy atom. The van der Waals surface area contributed by atoms with Gasteiger partial charge in [-0.1, -0.05) is 45.7 Å². The first-order valence-electron chi connectivity index (χ1n) is 8.27. The van der Waals surface area contributed by atoms with Crippen molar-refractivity contribution in [2.45, 2.75) is 72.3 Å². The fraction of sp³-hybridized carbons (Fsp3) is 0.812. The molecule has 126 valence electrons. The van der Waals surface area contributed by atoms with E-state index >= 15 is 0 Å². The van der Waals surface area contributed by atoms with Crippen molar-refractivity contribution in [1.82, 2.24) is 15.5 Å². The number of guanidine groups is 1. The average Bonchev–Trinajstić information content (AvgIpc) is 2.87. The Balaban J connectivity index is 2.26. The third-order valence-electron chi connectivity index (χ3n) is 3.42. The second-order valence-electron chi connectivity index (χ2n) is 6.59. The number of hydrogen-bond acceptors (Lipinski definition) is 4. The maximum absolute atomic E-state index is 5.90. The molecule has 0 aliphatic heterocycles. The zero-order valence-electron chi connectivity index (χ0n) is 14.6. The Bertz CT molecular complexity index is 453. The molecule has 0 aliphatic carbocycles. The maximum atomic E-state index is 5.90. The minimum atomic E-state index is 0.277. The molecule has 0 bridgehead atoms. The topological polar surface area (TPSA) is 89.3 Å². The fourth-order valence-electron chi connectivity index (χ4n) is 2.08. The van der Waals surface area contributed by atoms with Crippen molar-refractivity contribution in [3.63, 3.8) is 0 Å². The van der Waals surface area contributed by atoms with Crippen LogP contribution < -0.4 is 11.1 Å². The van der Waals surface area contributed by atoms with Crippen molar-refractivity contribution in [3.05, 3.63) is 11.7 Å². The van der Waals surface area contributed by atoms with Crippen LogP contribution in [0.5, 0.6) is 0 Å². The van der Waals surface area contributed by atoms with Gasteiger partial charge in [0.25, 0.3) is 0 Å². The van der Waals surface area contributed by atoms with Crippen molar-refractivity contribution < 1.29 is 4.52 Å². The zero-order chi connectivity index (χ0) is 16.5. The number of hydrogen-bond donors (Lipinski definition) is 2. The van der Waals surface area contributed by atoms with Crippen LogP contribution in [0.25, 0.3) is 0 Å². The number of nitrogens with one attached hydrogen (secondary N) is 1. The van der Waals surface area contributed by atoms with Crippen LogP contribution in [0.4, 0.5) is 0 Å². The summed E-state index contributed by atoms with van der Waals surface area (Å²) in [5.41, 5.74) is 5.90. The summed E-state index contributed by atoms with van der Waals surface area (Å²) in [5, 5.41) is 7.15. The Morgan fingerprint density at radius 1 is 1.23 bits per heavy atom. The van der Waals surface area contributed by atoms with Gasteiger partial charge in [0.2, 0.25) is 5.89 Å². The van der Waals surface area contributed by atoms with Gasteiger partial charge in [-0.2, -0.15) is 4.98 Å². The number of nitrogens with two attached hydrogens (primary N) is 1. The van der Waals surface area contributed by atoms with Crippen LogP contribution >= 0.6 is 0 Å². The van der Waals surface area contributed by atoms with E-state index in [4.69, 9.17) is 10.3 Å². The summed E-state index contributed by atoms with van der Waals surface area (Å²) in [4.78, 5) is 8.63. The van der Waals surface area contributed by atoms with Crippen LogP contribution in [0.15, 0.2) is 9.52 Å². The normalized spacial score (nSPS) is 13.9. The van der Waals surface area contributed by atoms with Gasteiger partial charge < -0.3 is 15.6 Å². The monoisotopic (exact) mass is 309 g/mol. The largest absolute Gasteiger partial charge is 0.370 e. The van der Waals surface area contributed by atoms with E-state index in [1.807, 2.05) is 13.8 Å². The highest BCUT2D eigenvalue weighted by molar-refractivity contribution is 5.78. The summed E-state index contributed by atoms with van der Waals surface area (Å²) in [5.74, 6) is 2.87. The summed E-state index contributed by atoms with van der Waals surface area (Å²) in [6.45, 7) is 11.3. The molecule has 1 aromatic heterocycles. The van der Waals surface area contributed by atoms with Gasteiger partial charge in [0.15, 0.2) is 11.8 Å². The minimum absolute atomic E-state index is 0.277. The minimum Gasteiger partial charge on any atom is -0.370 e. The summed E-state index contributed by atoms with van der Waals surface area (Å²) in [6.07, 6.45) is 4.18. The molecule has 1 unspecified atom stereocenters. The smallest absolute Gasteiger partial charge is 0.228 e. The first-order chi connectivity index (χ1) is 10.4. The van der Waals surface area contributed by atoms with Crippen molar-refractivity contribution in [2.24, 2.45) is 16.6 Å². The molecule has 0 spiro atoms. The van der Waals surface area contributed by atoms with Gasteiger partial charge in [-0.25, -0.2) is 0 Å². The van der Waals surface area contributed by atoms with Gasteiger partial charge in [0.05, 0.1) is 6.54 Å². The first kappa shape index (κ1) is 18.5. The second-order valence-corrected chi connectivity index (χ2v) is 6.59. The highest BCUT2D eigenvalue weighted by Crippen LogP contribution is 2.10. The molecule has 0 fully saturated rings. The molecule has 6 heteroatoms. The van der Waals surface area contributed by atoms with Crippen LogP contribution in [0.3, 0.4) is 0 Å². The van der Waals surface area contributed by atoms with Crippen LogP contribution in [0.2, 0.25) is 0 Å². The van der Waals surface area contributed by atoms with E-state index < -0.39 is 0 Å². The molecule has 0 amide bonds. The molecule has 6 nitrogen and oxygen atoms in total. The lowest BCUT2D eigenvalue weighted by atomic mass is 10.0. The van der Waals surface area contributed by atoms with Crippen LogP contribution in [-0.4, -0.2) is 28.7 Å².